The fourth-order valence-corrected chi connectivity index (χ4v) is 2.39. The van der Waals surface area contributed by atoms with Gasteiger partial charge in [0.25, 0.3) is 0 Å². The zero-order chi connectivity index (χ0) is 14.4. The molecule has 0 heterocycles. The Morgan fingerprint density at radius 1 is 1.10 bits per heavy atom. The minimum absolute atomic E-state index is 0.333. The van der Waals surface area contributed by atoms with Crippen LogP contribution in [0.4, 0.5) is 0 Å². The smallest absolute Gasteiger partial charge is 0.338 e. The Bertz CT molecular complexity index is 582. The summed E-state index contributed by atoms with van der Waals surface area (Å²) in [4.78, 5) is 11.9. The molecular formula is C16H15BrO3. The minimum Gasteiger partial charge on any atom is -0.462 e. The number of hydrogen-bond acceptors (Lipinski definition) is 3. The first-order valence-corrected chi connectivity index (χ1v) is 7.46. The maximum absolute atomic E-state index is 11.9. The zero-order valence-electron chi connectivity index (χ0n) is 11.1. The Labute approximate surface area is 126 Å². The van der Waals surface area contributed by atoms with Crippen molar-refractivity contribution in [2.75, 3.05) is 6.61 Å². The lowest BCUT2D eigenvalue weighted by molar-refractivity contribution is 0.0525. The van der Waals surface area contributed by atoms with Crippen LogP contribution in [0, 0.1) is 0 Å². The van der Waals surface area contributed by atoms with Gasteiger partial charge in [-0.05, 0) is 31.2 Å². The number of hydrogen-bond donors (Lipinski definition) is 0. The number of carbonyl (C=O) groups is 1. The van der Waals surface area contributed by atoms with Crippen LogP contribution in [0.15, 0.2) is 48.5 Å². The average Bonchev–Trinajstić information content (AvgIpc) is 2.48. The van der Waals surface area contributed by atoms with Gasteiger partial charge in [0.2, 0.25) is 0 Å². The molecule has 0 aliphatic heterocycles. The van der Waals surface area contributed by atoms with Gasteiger partial charge in [-0.3, -0.25) is 0 Å². The van der Waals surface area contributed by atoms with Crippen LogP contribution in [0.5, 0.6) is 11.5 Å². The molecule has 3 nitrogen and oxygen atoms in total. The van der Waals surface area contributed by atoms with E-state index in [-0.39, 0.29) is 5.97 Å². The van der Waals surface area contributed by atoms with Crippen LogP contribution in [0.25, 0.3) is 0 Å². The number of rotatable bonds is 5. The van der Waals surface area contributed by atoms with Crippen molar-refractivity contribution in [3.8, 4) is 11.5 Å². The Morgan fingerprint density at radius 3 is 2.50 bits per heavy atom. The van der Waals surface area contributed by atoms with Gasteiger partial charge < -0.3 is 9.47 Å². The Morgan fingerprint density at radius 2 is 1.85 bits per heavy atom. The van der Waals surface area contributed by atoms with Crippen molar-refractivity contribution < 1.29 is 14.3 Å². The van der Waals surface area contributed by atoms with E-state index in [9.17, 15) is 4.79 Å². The molecule has 4 heteroatoms. The van der Waals surface area contributed by atoms with Gasteiger partial charge in [0.15, 0.2) is 0 Å². The lowest BCUT2D eigenvalue weighted by atomic mass is 10.1. The molecule has 0 bridgehead atoms. The predicted molar refractivity (Wildman–Crippen MR) is 81.5 cm³/mol. The van der Waals surface area contributed by atoms with E-state index in [1.807, 2.05) is 36.4 Å². The van der Waals surface area contributed by atoms with E-state index in [0.29, 0.717) is 23.2 Å². The molecule has 20 heavy (non-hydrogen) atoms. The molecule has 104 valence electrons. The summed E-state index contributed by atoms with van der Waals surface area (Å²) in [6.45, 7) is 2.14. The molecular weight excluding hydrogens is 320 g/mol. The third-order valence-electron chi connectivity index (χ3n) is 2.73. The van der Waals surface area contributed by atoms with E-state index in [0.717, 1.165) is 11.3 Å². The fraction of sp³-hybridized carbons (Fsp3) is 0.188. The van der Waals surface area contributed by atoms with Crippen molar-refractivity contribution in [3.63, 3.8) is 0 Å². The van der Waals surface area contributed by atoms with Crippen molar-refractivity contribution in [3.05, 3.63) is 59.7 Å². The molecule has 0 atom stereocenters. The van der Waals surface area contributed by atoms with Gasteiger partial charge in [0.05, 0.1) is 12.2 Å². The van der Waals surface area contributed by atoms with Crippen molar-refractivity contribution in [1.82, 2.24) is 0 Å². The molecule has 0 aliphatic carbocycles. The number of para-hydroxylation sites is 1. The van der Waals surface area contributed by atoms with Gasteiger partial charge in [0, 0.05) is 10.9 Å². The van der Waals surface area contributed by atoms with E-state index < -0.39 is 0 Å². The summed E-state index contributed by atoms with van der Waals surface area (Å²) in [6, 6.07) is 14.8. The summed E-state index contributed by atoms with van der Waals surface area (Å²) in [6.07, 6.45) is 0. The molecule has 0 aliphatic rings. The number of esters is 1. The second-order valence-corrected chi connectivity index (χ2v) is 4.61. The average molecular weight is 335 g/mol. The van der Waals surface area contributed by atoms with E-state index >= 15 is 0 Å². The third-order valence-corrected chi connectivity index (χ3v) is 3.29. The number of carbonyl (C=O) groups excluding carboxylic acids is 1. The van der Waals surface area contributed by atoms with Gasteiger partial charge in [-0.15, -0.1) is 0 Å². The Kier molecular flexibility index (Phi) is 5.18. The highest BCUT2D eigenvalue weighted by Crippen LogP contribution is 2.29. The highest BCUT2D eigenvalue weighted by molar-refractivity contribution is 9.08. The van der Waals surface area contributed by atoms with Crippen molar-refractivity contribution in [1.29, 1.82) is 0 Å². The standard InChI is InChI=1S/C16H15BrO3/c1-2-19-16(18)13-9-6-10-15(14(13)11-17)20-12-7-4-3-5-8-12/h3-10H,2,11H2,1H3. The third kappa shape index (κ3) is 3.39. The first-order chi connectivity index (χ1) is 9.76. The summed E-state index contributed by atoms with van der Waals surface area (Å²) < 4.78 is 10.9. The van der Waals surface area contributed by atoms with E-state index in [4.69, 9.17) is 9.47 Å². The Balaban J connectivity index is 2.34. The first kappa shape index (κ1) is 14.6. The second kappa shape index (κ2) is 7.10. The van der Waals surface area contributed by atoms with Gasteiger partial charge >= 0.3 is 5.97 Å². The molecule has 0 fully saturated rings. The molecule has 2 aromatic carbocycles. The minimum atomic E-state index is -0.333. The number of halogens is 1. The summed E-state index contributed by atoms with van der Waals surface area (Å²) in [5.41, 5.74) is 1.31. The molecule has 0 N–H and O–H groups in total. The molecule has 0 saturated carbocycles. The second-order valence-electron chi connectivity index (χ2n) is 4.05. The highest BCUT2D eigenvalue weighted by atomic mass is 79.9. The highest BCUT2D eigenvalue weighted by Gasteiger charge is 2.16. The monoisotopic (exact) mass is 334 g/mol. The van der Waals surface area contributed by atoms with E-state index in [1.165, 1.54) is 0 Å². The maximum Gasteiger partial charge on any atom is 0.338 e. The van der Waals surface area contributed by atoms with Gasteiger partial charge in [0.1, 0.15) is 11.5 Å². The molecule has 0 spiro atoms. The van der Waals surface area contributed by atoms with Gasteiger partial charge in [-0.2, -0.15) is 0 Å². The molecule has 0 unspecified atom stereocenters. The zero-order valence-corrected chi connectivity index (χ0v) is 12.7. The summed E-state index contributed by atoms with van der Waals surface area (Å²) in [5, 5.41) is 0.518. The van der Waals surface area contributed by atoms with Crippen LogP contribution < -0.4 is 4.74 Å². The molecule has 0 aromatic heterocycles. The van der Waals surface area contributed by atoms with Gasteiger partial charge in [-0.25, -0.2) is 4.79 Å². The summed E-state index contributed by atoms with van der Waals surface area (Å²) >= 11 is 3.40. The van der Waals surface area contributed by atoms with Crippen LogP contribution in [-0.2, 0) is 10.1 Å². The van der Waals surface area contributed by atoms with Gasteiger partial charge in [-0.1, -0.05) is 40.2 Å². The van der Waals surface area contributed by atoms with Crippen molar-refractivity contribution in [2.24, 2.45) is 0 Å². The lowest BCUT2D eigenvalue weighted by Crippen LogP contribution is -2.08. The van der Waals surface area contributed by atoms with Crippen LogP contribution in [-0.4, -0.2) is 12.6 Å². The molecule has 0 amide bonds. The lowest BCUT2D eigenvalue weighted by Gasteiger charge is -2.13. The molecule has 2 aromatic rings. The first-order valence-electron chi connectivity index (χ1n) is 6.34. The van der Waals surface area contributed by atoms with Crippen LogP contribution in [0.3, 0.4) is 0 Å². The SMILES string of the molecule is CCOC(=O)c1cccc(Oc2ccccc2)c1CBr. The van der Waals surface area contributed by atoms with Crippen LogP contribution >= 0.6 is 15.9 Å². The molecule has 0 saturated heterocycles. The van der Waals surface area contributed by atoms with Crippen molar-refractivity contribution >= 4 is 21.9 Å². The fourth-order valence-electron chi connectivity index (χ4n) is 1.81. The summed E-state index contributed by atoms with van der Waals surface area (Å²) in [7, 11) is 0. The predicted octanol–water partition coefficient (Wildman–Crippen LogP) is 4.55. The maximum atomic E-state index is 11.9. The molecule has 0 radical (unpaired) electrons. The van der Waals surface area contributed by atoms with Crippen LogP contribution in [0.2, 0.25) is 0 Å². The largest absolute Gasteiger partial charge is 0.462 e. The quantitative estimate of drug-likeness (QED) is 0.594. The number of ether oxygens (including phenoxy) is 2. The van der Waals surface area contributed by atoms with Crippen molar-refractivity contribution in [2.45, 2.75) is 12.3 Å². The topological polar surface area (TPSA) is 35.5 Å². The van der Waals surface area contributed by atoms with E-state index in [2.05, 4.69) is 15.9 Å². The van der Waals surface area contributed by atoms with E-state index in [1.54, 1.807) is 19.1 Å². The number of alkyl halides is 1. The number of benzene rings is 2. The molecule has 2 rings (SSSR count). The summed E-state index contributed by atoms with van der Waals surface area (Å²) in [5.74, 6) is 1.05. The Hall–Kier alpha value is -1.81. The van der Waals surface area contributed by atoms with Crippen LogP contribution in [0.1, 0.15) is 22.8 Å². The normalized spacial score (nSPS) is 10.1.